The van der Waals surface area contributed by atoms with E-state index in [-0.39, 0.29) is 0 Å². The molecular weight excluding hydrogens is 476 g/mol. The largest absolute Gasteiger partial charge is 0.300 e. The first kappa shape index (κ1) is 32.7. The lowest BCUT2D eigenvalue weighted by Gasteiger charge is -2.13. The van der Waals surface area contributed by atoms with Crippen molar-refractivity contribution in [3.05, 3.63) is 59.2 Å². The van der Waals surface area contributed by atoms with Crippen LogP contribution in [-0.2, 0) is 24.1 Å². The third kappa shape index (κ3) is 12.9. The Labute approximate surface area is 239 Å². The summed E-state index contributed by atoms with van der Waals surface area (Å²) in [5, 5.41) is 0. The van der Waals surface area contributed by atoms with Crippen LogP contribution in [0, 0.1) is 0 Å². The van der Waals surface area contributed by atoms with Gasteiger partial charge in [-0.1, -0.05) is 91.3 Å². The molecule has 2 rings (SSSR count). The Kier molecular flexibility index (Phi) is 16.3. The van der Waals surface area contributed by atoms with Crippen molar-refractivity contribution in [2.45, 2.75) is 137 Å². The lowest BCUT2D eigenvalue weighted by Crippen LogP contribution is -2.14. The molecule has 0 radical (unpaired) electrons. The number of hydrogen-bond acceptors (Lipinski definition) is 3. The van der Waals surface area contributed by atoms with Gasteiger partial charge in [0, 0.05) is 12.8 Å². The van der Waals surface area contributed by atoms with Crippen LogP contribution >= 0.6 is 0 Å². The summed E-state index contributed by atoms with van der Waals surface area (Å²) in [6.07, 6.45) is 17.1. The first-order chi connectivity index (χ1) is 19.0. The van der Waals surface area contributed by atoms with Crippen molar-refractivity contribution in [1.82, 2.24) is 0 Å². The van der Waals surface area contributed by atoms with Crippen molar-refractivity contribution in [2.75, 3.05) is 0 Å². The van der Waals surface area contributed by atoms with Crippen LogP contribution in [0.1, 0.15) is 135 Å². The van der Waals surface area contributed by atoms with Gasteiger partial charge in [-0.2, -0.15) is 0 Å². The van der Waals surface area contributed by atoms with Crippen LogP contribution in [0.15, 0.2) is 52.4 Å². The summed E-state index contributed by atoms with van der Waals surface area (Å²) in [5.74, 6) is 0.351. The number of aryl methyl sites for hydroxylation is 3. The molecule has 0 aromatic heterocycles. The summed E-state index contributed by atoms with van der Waals surface area (Å²) in [4.78, 5) is 22.1. The number of rotatable bonds is 20. The molecular formula is C36H54N2O. The van der Waals surface area contributed by atoms with E-state index in [9.17, 15) is 4.79 Å². The smallest absolute Gasteiger partial charge is 0.132 e. The summed E-state index contributed by atoms with van der Waals surface area (Å²) >= 11 is 0. The first-order valence-electron chi connectivity index (χ1n) is 15.9. The minimum absolute atomic E-state index is 0.351. The predicted octanol–water partition coefficient (Wildman–Crippen LogP) is 10.9. The van der Waals surface area contributed by atoms with Gasteiger partial charge in [0.15, 0.2) is 0 Å². The molecule has 2 aromatic carbocycles. The van der Waals surface area contributed by atoms with Crippen molar-refractivity contribution >= 4 is 28.6 Å². The second-order valence-corrected chi connectivity index (χ2v) is 10.9. The highest BCUT2D eigenvalue weighted by atomic mass is 16.1. The molecule has 0 spiro atoms. The molecule has 0 aliphatic carbocycles. The number of Topliss-reactive ketones (excluding diaryl/α,β-unsaturated/α-hetero) is 1. The minimum Gasteiger partial charge on any atom is -0.300 e. The molecule has 0 aliphatic rings. The maximum atomic E-state index is 11.6. The monoisotopic (exact) mass is 530 g/mol. The molecule has 0 atom stereocenters. The number of carbonyl (C=O) groups is 1. The van der Waals surface area contributed by atoms with Crippen LogP contribution in [-0.4, -0.2) is 17.2 Å². The van der Waals surface area contributed by atoms with Crippen LogP contribution in [0.3, 0.4) is 0 Å². The summed E-state index contributed by atoms with van der Waals surface area (Å²) < 4.78 is 0. The zero-order chi connectivity index (χ0) is 28.3. The van der Waals surface area contributed by atoms with Gasteiger partial charge in [0.1, 0.15) is 5.78 Å². The van der Waals surface area contributed by atoms with Gasteiger partial charge in [-0.05, 0) is 92.3 Å². The Morgan fingerprint density at radius 1 is 0.564 bits per heavy atom. The van der Waals surface area contributed by atoms with E-state index >= 15 is 0 Å². The van der Waals surface area contributed by atoms with Gasteiger partial charge in [-0.3, -0.25) is 14.8 Å². The van der Waals surface area contributed by atoms with Gasteiger partial charge in [0.05, 0.1) is 22.8 Å². The van der Waals surface area contributed by atoms with Crippen molar-refractivity contribution in [3.8, 4) is 0 Å². The number of nitrogens with zero attached hydrogens (tertiary/aromatic N) is 2. The zero-order valence-corrected chi connectivity index (χ0v) is 25.7. The van der Waals surface area contributed by atoms with E-state index in [1.54, 1.807) is 0 Å². The van der Waals surface area contributed by atoms with E-state index in [4.69, 9.17) is 9.98 Å². The average Bonchev–Trinajstić information content (AvgIpc) is 2.96. The summed E-state index contributed by atoms with van der Waals surface area (Å²) in [5.41, 5.74) is 8.38. The molecule has 3 nitrogen and oxygen atoms in total. The highest BCUT2D eigenvalue weighted by Gasteiger charge is 2.12. The predicted molar refractivity (Wildman–Crippen MR) is 172 cm³/mol. The summed E-state index contributed by atoms with van der Waals surface area (Å²) in [6, 6.07) is 15.5. The fourth-order valence-electron chi connectivity index (χ4n) is 4.88. The van der Waals surface area contributed by atoms with E-state index < -0.39 is 0 Å². The Hall–Kier alpha value is -2.55. The average molecular weight is 531 g/mol. The van der Waals surface area contributed by atoms with E-state index in [2.05, 4.69) is 70.2 Å². The van der Waals surface area contributed by atoms with E-state index in [1.165, 1.54) is 48.8 Å². The van der Waals surface area contributed by atoms with Gasteiger partial charge < -0.3 is 0 Å². The van der Waals surface area contributed by atoms with E-state index in [0.717, 1.165) is 80.6 Å². The quantitative estimate of drug-likeness (QED) is 0.124. The number of hydrogen-bond donors (Lipinski definition) is 0. The molecule has 214 valence electrons. The number of ketones is 1. The Balaban J connectivity index is 2.33. The van der Waals surface area contributed by atoms with Gasteiger partial charge in [0.2, 0.25) is 0 Å². The minimum atomic E-state index is 0.351. The van der Waals surface area contributed by atoms with Crippen LogP contribution in [0.4, 0.5) is 11.4 Å². The second-order valence-electron chi connectivity index (χ2n) is 10.9. The Morgan fingerprint density at radius 3 is 1.72 bits per heavy atom. The van der Waals surface area contributed by atoms with Gasteiger partial charge in [0.25, 0.3) is 0 Å². The highest BCUT2D eigenvalue weighted by Crippen LogP contribution is 2.23. The summed E-state index contributed by atoms with van der Waals surface area (Å²) in [7, 11) is 0. The molecule has 0 heterocycles. The van der Waals surface area contributed by atoms with Crippen molar-refractivity contribution in [1.29, 1.82) is 0 Å². The fourth-order valence-corrected chi connectivity index (χ4v) is 4.88. The molecule has 3 heteroatoms. The number of benzene rings is 2. The van der Waals surface area contributed by atoms with Gasteiger partial charge >= 0.3 is 0 Å². The third-order valence-electron chi connectivity index (χ3n) is 7.50. The number of carbonyl (C=O) groups excluding carboxylic acids is 1. The molecule has 0 saturated carbocycles. The summed E-state index contributed by atoms with van der Waals surface area (Å²) in [6.45, 7) is 10.9. The van der Waals surface area contributed by atoms with Gasteiger partial charge in [-0.15, -0.1) is 0 Å². The van der Waals surface area contributed by atoms with Crippen molar-refractivity contribution in [3.63, 3.8) is 0 Å². The van der Waals surface area contributed by atoms with E-state index in [1.807, 2.05) is 6.92 Å². The fraction of sp³-hybridized carbons (Fsp3) is 0.583. The SMILES string of the molecule is CCCCCCCCC(=Nc1cc(CC)cc(CC)c1)C(CCCC)=Nc1ccc(CCCC(=O)CC)cc1. The molecule has 0 aliphatic heterocycles. The van der Waals surface area contributed by atoms with Crippen LogP contribution in [0.25, 0.3) is 0 Å². The molecule has 0 saturated heterocycles. The maximum Gasteiger partial charge on any atom is 0.132 e. The highest BCUT2D eigenvalue weighted by molar-refractivity contribution is 6.43. The topological polar surface area (TPSA) is 41.8 Å². The Bertz CT molecular complexity index is 1010. The van der Waals surface area contributed by atoms with Crippen LogP contribution < -0.4 is 0 Å². The third-order valence-corrected chi connectivity index (χ3v) is 7.50. The lowest BCUT2D eigenvalue weighted by molar-refractivity contribution is -0.118. The number of aliphatic imine (C=N–C) groups is 2. The first-order valence-corrected chi connectivity index (χ1v) is 15.9. The van der Waals surface area contributed by atoms with Crippen LogP contribution in [0.2, 0.25) is 0 Å². The molecule has 0 bridgehead atoms. The molecule has 39 heavy (non-hydrogen) atoms. The molecule has 0 fully saturated rings. The molecule has 2 aromatic rings. The zero-order valence-electron chi connectivity index (χ0n) is 25.7. The molecule has 0 unspecified atom stereocenters. The van der Waals surface area contributed by atoms with Crippen molar-refractivity contribution in [2.24, 2.45) is 9.98 Å². The van der Waals surface area contributed by atoms with Gasteiger partial charge in [-0.25, -0.2) is 0 Å². The molecule has 0 amide bonds. The van der Waals surface area contributed by atoms with Crippen LogP contribution in [0.5, 0.6) is 0 Å². The standard InChI is InChI=1S/C36H54N2O/c1-6-11-13-14-15-16-21-36(38-33-27-29(8-3)26-30(9-4)28-33)35(20-12-7-2)37-32-24-22-31(23-25-32)18-17-19-34(39)10-5/h22-28H,6-21H2,1-5H3. The lowest BCUT2D eigenvalue weighted by atomic mass is 10.0. The Morgan fingerprint density at radius 2 is 1.13 bits per heavy atom. The number of unbranched alkanes of at least 4 members (excludes halogenated alkanes) is 6. The van der Waals surface area contributed by atoms with Crippen molar-refractivity contribution < 1.29 is 4.79 Å². The maximum absolute atomic E-state index is 11.6. The van der Waals surface area contributed by atoms with E-state index in [0.29, 0.717) is 18.6 Å². The molecule has 0 N–H and O–H groups in total. The normalized spacial score (nSPS) is 12.2. The second kappa shape index (κ2) is 19.5.